The van der Waals surface area contributed by atoms with E-state index in [1.807, 2.05) is 24.3 Å². The standard InChI is InChI=1S/C26H20N4O3S/c27-17-20(18-28)16-19-7-11-23(12-8-19)29-26(31)22-9-13-24(14-10-22)34(32,33)30-15-3-5-21-4-1-2-6-25(21)30/h1-2,4,6-14,16H,3,5,15H2,(H,29,31). The minimum atomic E-state index is -3.75. The van der Waals surface area contributed by atoms with Crippen molar-refractivity contribution in [3.05, 3.63) is 95.1 Å². The number of carbonyl (C=O) groups is 1. The zero-order chi connectivity index (χ0) is 24.1. The third-order valence-corrected chi connectivity index (χ3v) is 7.32. The number of fused-ring (bicyclic) bond motifs is 1. The number of aryl methyl sites for hydroxylation is 1. The summed E-state index contributed by atoms with van der Waals surface area (Å²) in [5, 5.41) is 20.4. The monoisotopic (exact) mass is 468 g/mol. The van der Waals surface area contributed by atoms with Crippen molar-refractivity contribution in [1.29, 1.82) is 10.5 Å². The van der Waals surface area contributed by atoms with Gasteiger partial charge in [0.25, 0.3) is 15.9 Å². The molecule has 0 bridgehead atoms. The molecule has 34 heavy (non-hydrogen) atoms. The number of benzene rings is 3. The minimum absolute atomic E-state index is 0.0140. The normalized spacial score (nSPS) is 12.6. The van der Waals surface area contributed by atoms with Crippen molar-refractivity contribution in [2.24, 2.45) is 0 Å². The Kier molecular flexibility index (Phi) is 6.44. The number of sulfonamides is 1. The number of nitrogens with zero attached hydrogens (tertiary/aromatic N) is 3. The Morgan fingerprint density at radius 3 is 2.29 bits per heavy atom. The highest BCUT2D eigenvalue weighted by Crippen LogP contribution is 2.31. The third kappa shape index (κ3) is 4.68. The van der Waals surface area contributed by atoms with Crippen LogP contribution in [-0.4, -0.2) is 20.9 Å². The summed E-state index contributed by atoms with van der Waals surface area (Å²) in [6, 6.07) is 23.6. The molecule has 3 aromatic rings. The first kappa shape index (κ1) is 22.8. The van der Waals surface area contributed by atoms with Crippen LogP contribution in [0.5, 0.6) is 0 Å². The van der Waals surface area contributed by atoms with Gasteiger partial charge in [0.1, 0.15) is 17.7 Å². The van der Waals surface area contributed by atoms with Crippen LogP contribution in [0.2, 0.25) is 0 Å². The molecular weight excluding hydrogens is 448 g/mol. The molecule has 0 fully saturated rings. The predicted octanol–water partition coefficient (Wildman–Crippen LogP) is 4.51. The van der Waals surface area contributed by atoms with E-state index in [-0.39, 0.29) is 16.4 Å². The van der Waals surface area contributed by atoms with E-state index in [2.05, 4.69) is 5.32 Å². The number of rotatable bonds is 5. The van der Waals surface area contributed by atoms with Gasteiger partial charge in [-0.1, -0.05) is 30.3 Å². The summed E-state index contributed by atoms with van der Waals surface area (Å²) in [4.78, 5) is 12.8. The molecule has 0 spiro atoms. The Morgan fingerprint density at radius 1 is 0.941 bits per heavy atom. The van der Waals surface area contributed by atoms with Gasteiger partial charge >= 0.3 is 0 Å². The largest absolute Gasteiger partial charge is 0.322 e. The highest BCUT2D eigenvalue weighted by atomic mass is 32.2. The van der Waals surface area contributed by atoms with E-state index >= 15 is 0 Å². The van der Waals surface area contributed by atoms with E-state index < -0.39 is 10.0 Å². The van der Waals surface area contributed by atoms with E-state index in [1.165, 1.54) is 34.6 Å². The first-order valence-corrected chi connectivity index (χ1v) is 12.0. The van der Waals surface area contributed by atoms with Gasteiger partial charge in [-0.05, 0) is 72.5 Å². The molecule has 0 atom stereocenters. The van der Waals surface area contributed by atoms with Crippen molar-refractivity contribution in [2.45, 2.75) is 17.7 Å². The molecule has 1 aliphatic heterocycles. The quantitative estimate of drug-likeness (QED) is 0.553. The van der Waals surface area contributed by atoms with Crippen LogP contribution in [0, 0.1) is 22.7 Å². The maximum absolute atomic E-state index is 13.3. The molecule has 0 aromatic heterocycles. The Balaban J connectivity index is 1.49. The second kappa shape index (κ2) is 9.62. The van der Waals surface area contributed by atoms with Crippen LogP contribution >= 0.6 is 0 Å². The van der Waals surface area contributed by atoms with E-state index in [0.29, 0.717) is 29.0 Å². The number of hydrogen-bond donors (Lipinski definition) is 1. The van der Waals surface area contributed by atoms with E-state index in [9.17, 15) is 13.2 Å². The lowest BCUT2D eigenvalue weighted by Crippen LogP contribution is -2.35. The first-order valence-electron chi connectivity index (χ1n) is 10.6. The second-order valence-electron chi connectivity index (χ2n) is 7.69. The van der Waals surface area contributed by atoms with E-state index in [0.717, 1.165) is 18.4 Å². The Bertz CT molecular complexity index is 1430. The van der Waals surface area contributed by atoms with Crippen LogP contribution < -0.4 is 9.62 Å². The summed E-state index contributed by atoms with van der Waals surface area (Å²) in [6.45, 7) is 0.414. The molecule has 0 radical (unpaired) electrons. The van der Waals surface area contributed by atoms with Gasteiger partial charge in [0.05, 0.1) is 10.6 Å². The highest BCUT2D eigenvalue weighted by molar-refractivity contribution is 7.92. The number of nitrogens with one attached hydrogen (secondary N) is 1. The van der Waals surface area contributed by atoms with Crippen molar-refractivity contribution < 1.29 is 13.2 Å². The lowest BCUT2D eigenvalue weighted by atomic mass is 10.0. The van der Waals surface area contributed by atoms with Gasteiger partial charge in [0.15, 0.2) is 0 Å². The van der Waals surface area contributed by atoms with Gasteiger partial charge in [0, 0.05) is 17.8 Å². The molecule has 7 nitrogen and oxygen atoms in total. The molecule has 1 heterocycles. The number of nitriles is 2. The van der Waals surface area contributed by atoms with Crippen LogP contribution in [0.3, 0.4) is 0 Å². The SMILES string of the molecule is N#CC(C#N)=Cc1ccc(NC(=O)c2ccc(S(=O)(=O)N3CCCc4ccccc43)cc2)cc1. The Morgan fingerprint density at radius 2 is 1.62 bits per heavy atom. The van der Waals surface area contributed by atoms with Crippen molar-refractivity contribution in [1.82, 2.24) is 0 Å². The molecule has 168 valence electrons. The van der Waals surface area contributed by atoms with Crippen LogP contribution in [0.4, 0.5) is 11.4 Å². The Hall–Kier alpha value is -4.40. The average Bonchev–Trinajstić information content (AvgIpc) is 2.88. The van der Waals surface area contributed by atoms with Crippen LogP contribution in [0.25, 0.3) is 6.08 Å². The summed E-state index contributed by atoms with van der Waals surface area (Å²) in [5.41, 5.74) is 3.19. The van der Waals surface area contributed by atoms with Gasteiger partial charge in [0.2, 0.25) is 0 Å². The van der Waals surface area contributed by atoms with Crippen molar-refractivity contribution in [3.8, 4) is 12.1 Å². The smallest absolute Gasteiger partial charge is 0.264 e. The fourth-order valence-corrected chi connectivity index (χ4v) is 5.32. The maximum Gasteiger partial charge on any atom is 0.264 e. The number of hydrogen-bond acceptors (Lipinski definition) is 5. The molecule has 1 N–H and O–H groups in total. The molecule has 0 unspecified atom stereocenters. The molecule has 1 amide bonds. The zero-order valence-corrected chi connectivity index (χ0v) is 18.9. The fraction of sp³-hybridized carbons (Fsp3) is 0.115. The van der Waals surface area contributed by atoms with Crippen molar-refractivity contribution in [2.75, 3.05) is 16.2 Å². The molecule has 0 saturated carbocycles. The Labute approximate surface area is 198 Å². The summed E-state index contributed by atoms with van der Waals surface area (Å²) < 4.78 is 27.9. The van der Waals surface area contributed by atoms with Crippen molar-refractivity contribution >= 4 is 33.4 Å². The maximum atomic E-state index is 13.3. The lowest BCUT2D eigenvalue weighted by Gasteiger charge is -2.30. The number of amides is 1. The van der Waals surface area contributed by atoms with Gasteiger partial charge in [-0.15, -0.1) is 0 Å². The molecule has 3 aromatic carbocycles. The third-order valence-electron chi connectivity index (χ3n) is 5.49. The van der Waals surface area contributed by atoms with Gasteiger partial charge in [-0.25, -0.2) is 8.42 Å². The average molecular weight is 469 g/mol. The van der Waals surface area contributed by atoms with E-state index in [1.54, 1.807) is 36.4 Å². The second-order valence-corrected chi connectivity index (χ2v) is 9.55. The van der Waals surface area contributed by atoms with Gasteiger partial charge in [-0.3, -0.25) is 9.10 Å². The highest BCUT2D eigenvalue weighted by Gasteiger charge is 2.28. The first-order chi connectivity index (χ1) is 16.4. The molecule has 0 saturated heterocycles. The number of allylic oxidation sites excluding steroid dienone is 1. The van der Waals surface area contributed by atoms with Gasteiger partial charge < -0.3 is 5.32 Å². The summed E-state index contributed by atoms with van der Waals surface area (Å²) in [6.07, 6.45) is 3.04. The fourth-order valence-electron chi connectivity index (χ4n) is 3.78. The molecule has 4 rings (SSSR count). The number of carbonyl (C=O) groups excluding carboxylic acids is 1. The number of para-hydroxylation sites is 1. The lowest BCUT2D eigenvalue weighted by molar-refractivity contribution is 0.102. The topological polar surface area (TPSA) is 114 Å². The minimum Gasteiger partial charge on any atom is -0.322 e. The van der Waals surface area contributed by atoms with Gasteiger partial charge in [-0.2, -0.15) is 10.5 Å². The predicted molar refractivity (Wildman–Crippen MR) is 129 cm³/mol. The van der Waals surface area contributed by atoms with Crippen molar-refractivity contribution in [3.63, 3.8) is 0 Å². The molecule has 8 heteroatoms. The summed E-state index contributed by atoms with van der Waals surface area (Å²) in [5.74, 6) is -0.384. The molecular formula is C26H20N4O3S. The van der Waals surface area contributed by atoms with Crippen LogP contribution in [-0.2, 0) is 16.4 Å². The molecule has 0 aliphatic carbocycles. The summed E-state index contributed by atoms with van der Waals surface area (Å²) in [7, 11) is -3.75. The zero-order valence-electron chi connectivity index (χ0n) is 18.1. The molecule has 1 aliphatic rings. The van der Waals surface area contributed by atoms with Crippen LogP contribution in [0.1, 0.15) is 27.9 Å². The van der Waals surface area contributed by atoms with Crippen LogP contribution in [0.15, 0.2) is 83.3 Å². The number of anilines is 2. The summed E-state index contributed by atoms with van der Waals surface area (Å²) >= 11 is 0. The van der Waals surface area contributed by atoms with E-state index in [4.69, 9.17) is 10.5 Å².